The highest BCUT2D eigenvalue weighted by molar-refractivity contribution is 5.24. The zero-order chi connectivity index (χ0) is 22.5. The van der Waals surface area contributed by atoms with Crippen molar-refractivity contribution in [3.63, 3.8) is 0 Å². The first-order valence-corrected chi connectivity index (χ1v) is 9.64. The number of rotatable bonds is 10. The number of benzene rings is 2. The van der Waals surface area contributed by atoms with E-state index in [0.29, 0.717) is 5.56 Å². The topological polar surface area (TPSA) is 121 Å². The Bertz CT molecular complexity index is 835. The van der Waals surface area contributed by atoms with Gasteiger partial charge in [-0.3, -0.25) is 0 Å². The Morgan fingerprint density at radius 1 is 0.867 bits per heavy atom. The van der Waals surface area contributed by atoms with E-state index in [1.165, 1.54) is 43.3 Å². The monoisotopic (exact) mass is 426 g/mol. The first-order chi connectivity index (χ1) is 14.1. The van der Waals surface area contributed by atoms with Gasteiger partial charge in [-0.15, -0.1) is 0 Å². The molecular weight excluding hydrogens is 398 g/mol. The van der Waals surface area contributed by atoms with Crippen LogP contribution in [0.5, 0.6) is 0 Å². The zero-order valence-electron chi connectivity index (χ0n) is 16.6. The SMILES string of the molecule is CCC(O)(Cc1cccc(F)c1)[C@@H](O)[C@@](O)(Cc1cccc(F)c1)[C@H](O)[C@@H](O)CO. The second-order valence-electron chi connectivity index (χ2n) is 7.66. The molecule has 30 heavy (non-hydrogen) atoms. The second kappa shape index (κ2) is 9.91. The molecule has 166 valence electrons. The van der Waals surface area contributed by atoms with Crippen molar-refractivity contribution in [1.82, 2.24) is 0 Å². The summed E-state index contributed by atoms with van der Waals surface area (Å²) in [5.41, 5.74) is -4.08. The number of halogens is 2. The zero-order valence-corrected chi connectivity index (χ0v) is 16.6. The van der Waals surface area contributed by atoms with Gasteiger partial charge in [-0.2, -0.15) is 0 Å². The van der Waals surface area contributed by atoms with Crippen molar-refractivity contribution in [2.75, 3.05) is 6.61 Å². The van der Waals surface area contributed by atoms with Crippen molar-refractivity contribution in [3.05, 3.63) is 71.3 Å². The number of hydrogen-bond acceptors (Lipinski definition) is 6. The maximum atomic E-state index is 13.6. The van der Waals surface area contributed by atoms with Crippen molar-refractivity contribution in [2.24, 2.45) is 0 Å². The first kappa shape index (κ1) is 24.3. The molecule has 0 fully saturated rings. The lowest BCUT2D eigenvalue weighted by molar-refractivity contribution is -0.229. The van der Waals surface area contributed by atoms with E-state index in [9.17, 15) is 39.4 Å². The third kappa shape index (κ3) is 5.40. The molecule has 8 heteroatoms. The molecule has 6 nitrogen and oxygen atoms in total. The van der Waals surface area contributed by atoms with Gasteiger partial charge in [-0.05, 0) is 41.8 Å². The minimum Gasteiger partial charge on any atom is -0.394 e. The lowest BCUT2D eigenvalue weighted by atomic mass is 9.72. The Morgan fingerprint density at radius 3 is 1.80 bits per heavy atom. The van der Waals surface area contributed by atoms with Crippen molar-refractivity contribution in [1.29, 1.82) is 0 Å². The summed E-state index contributed by atoms with van der Waals surface area (Å²) >= 11 is 0. The van der Waals surface area contributed by atoms with E-state index in [2.05, 4.69) is 0 Å². The highest BCUT2D eigenvalue weighted by atomic mass is 19.1. The van der Waals surface area contributed by atoms with E-state index in [0.717, 1.165) is 12.1 Å². The lowest BCUT2D eigenvalue weighted by Crippen LogP contribution is -2.66. The van der Waals surface area contributed by atoms with Crippen molar-refractivity contribution in [3.8, 4) is 0 Å². The molecule has 0 saturated heterocycles. The standard InChI is InChI=1S/C22H28F2O6/c1-2-21(29,11-14-5-3-7-16(23)9-14)20(28)22(30,19(27)18(26)13-25)12-15-6-4-8-17(24)10-15/h3-10,18-20,25-30H,2,11-13H2,1H3/t18-,19+,20+,21?,22+/m0/s1. The molecule has 0 amide bonds. The van der Waals surface area contributed by atoms with Gasteiger partial charge in [0.2, 0.25) is 0 Å². The van der Waals surface area contributed by atoms with Gasteiger partial charge in [0, 0.05) is 12.8 Å². The van der Waals surface area contributed by atoms with Gasteiger partial charge in [-0.25, -0.2) is 8.78 Å². The number of aliphatic hydroxyl groups is 6. The molecule has 0 spiro atoms. The molecule has 6 N–H and O–H groups in total. The van der Waals surface area contributed by atoms with E-state index in [-0.39, 0.29) is 18.4 Å². The summed E-state index contributed by atoms with van der Waals surface area (Å²) in [5, 5.41) is 63.1. The average molecular weight is 426 g/mol. The number of aliphatic hydroxyl groups excluding tert-OH is 4. The highest BCUT2D eigenvalue weighted by Gasteiger charge is 2.53. The maximum Gasteiger partial charge on any atom is 0.126 e. The quantitative estimate of drug-likeness (QED) is 0.333. The van der Waals surface area contributed by atoms with Crippen LogP contribution in [0, 0.1) is 11.6 Å². The molecule has 2 aromatic carbocycles. The molecule has 0 aliphatic heterocycles. The fourth-order valence-corrected chi connectivity index (χ4v) is 3.65. The molecule has 5 atom stereocenters. The van der Waals surface area contributed by atoms with E-state index < -0.39 is 54.2 Å². The van der Waals surface area contributed by atoms with E-state index in [1.54, 1.807) is 0 Å². The number of hydrogen-bond donors (Lipinski definition) is 6. The van der Waals surface area contributed by atoms with Gasteiger partial charge in [0.05, 0.1) is 12.2 Å². The molecule has 0 aliphatic carbocycles. The largest absolute Gasteiger partial charge is 0.394 e. The summed E-state index contributed by atoms with van der Waals surface area (Å²) in [5.74, 6) is -1.17. The summed E-state index contributed by atoms with van der Waals surface area (Å²) in [6, 6.07) is 10.4. The molecular formula is C22H28F2O6. The lowest BCUT2D eigenvalue weighted by Gasteiger charge is -2.45. The van der Waals surface area contributed by atoms with Crippen molar-refractivity contribution < 1.29 is 39.4 Å². The van der Waals surface area contributed by atoms with Crippen LogP contribution in [-0.4, -0.2) is 66.8 Å². The van der Waals surface area contributed by atoms with Gasteiger partial charge in [0.25, 0.3) is 0 Å². The molecule has 2 aromatic rings. The predicted octanol–water partition coefficient (Wildman–Crippen LogP) is 0.697. The van der Waals surface area contributed by atoms with Crippen LogP contribution >= 0.6 is 0 Å². The smallest absolute Gasteiger partial charge is 0.126 e. The van der Waals surface area contributed by atoms with Crippen molar-refractivity contribution in [2.45, 2.75) is 55.7 Å². The third-order valence-electron chi connectivity index (χ3n) is 5.43. The van der Waals surface area contributed by atoms with Crippen LogP contribution in [0.25, 0.3) is 0 Å². The molecule has 0 saturated carbocycles. The van der Waals surface area contributed by atoms with Gasteiger partial charge in [-0.1, -0.05) is 31.2 Å². The minimum absolute atomic E-state index is 0.0991. The summed E-state index contributed by atoms with van der Waals surface area (Å²) in [6.45, 7) is 0.605. The van der Waals surface area contributed by atoms with Gasteiger partial charge in [0.15, 0.2) is 0 Å². The normalized spacial score (nSPS) is 18.8. The Morgan fingerprint density at radius 2 is 1.37 bits per heavy atom. The van der Waals surface area contributed by atoms with E-state index >= 15 is 0 Å². The molecule has 0 bridgehead atoms. The van der Waals surface area contributed by atoms with Crippen LogP contribution in [-0.2, 0) is 12.8 Å². The minimum atomic E-state index is -2.56. The molecule has 0 heterocycles. The van der Waals surface area contributed by atoms with Gasteiger partial charge in [0.1, 0.15) is 35.5 Å². The summed E-state index contributed by atoms with van der Waals surface area (Å²) < 4.78 is 27.2. The second-order valence-corrected chi connectivity index (χ2v) is 7.66. The summed E-state index contributed by atoms with van der Waals surface area (Å²) in [6.07, 6.45) is -6.86. The first-order valence-electron chi connectivity index (χ1n) is 9.64. The summed E-state index contributed by atoms with van der Waals surface area (Å²) in [4.78, 5) is 0. The molecule has 1 unspecified atom stereocenters. The van der Waals surface area contributed by atoms with Gasteiger partial charge < -0.3 is 30.6 Å². The highest BCUT2D eigenvalue weighted by Crippen LogP contribution is 2.34. The third-order valence-corrected chi connectivity index (χ3v) is 5.43. The van der Waals surface area contributed by atoms with E-state index in [1.807, 2.05) is 0 Å². The Hall–Kier alpha value is -1.94. The average Bonchev–Trinajstić information content (AvgIpc) is 2.71. The fraction of sp³-hybridized carbons (Fsp3) is 0.455. The Balaban J connectivity index is 2.45. The van der Waals surface area contributed by atoms with Crippen LogP contribution in [0.2, 0.25) is 0 Å². The molecule has 0 radical (unpaired) electrons. The maximum absolute atomic E-state index is 13.6. The van der Waals surface area contributed by atoms with Gasteiger partial charge >= 0.3 is 0 Å². The molecule has 0 aliphatic rings. The van der Waals surface area contributed by atoms with Crippen LogP contribution in [0.1, 0.15) is 24.5 Å². The predicted molar refractivity (Wildman–Crippen MR) is 106 cm³/mol. The Labute approximate surface area is 173 Å². The fourth-order valence-electron chi connectivity index (χ4n) is 3.65. The van der Waals surface area contributed by atoms with Crippen LogP contribution in [0.3, 0.4) is 0 Å². The Kier molecular flexibility index (Phi) is 8.04. The van der Waals surface area contributed by atoms with Crippen LogP contribution in [0.4, 0.5) is 8.78 Å². The van der Waals surface area contributed by atoms with E-state index in [4.69, 9.17) is 0 Å². The van der Waals surface area contributed by atoms with Crippen LogP contribution in [0.15, 0.2) is 48.5 Å². The van der Waals surface area contributed by atoms with Crippen LogP contribution < -0.4 is 0 Å². The summed E-state index contributed by atoms with van der Waals surface area (Å²) in [7, 11) is 0. The molecule has 2 rings (SSSR count). The van der Waals surface area contributed by atoms with Crippen molar-refractivity contribution >= 4 is 0 Å². The molecule has 0 aromatic heterocycles.